The molecule has 0 aliphatic rings. The van der Waals surface area contributed by atoms with E-state index < -0.39 is 0 Å². The fraction of sp³-hybridized carbons (Fsp3) is 0.316. The van der Waals surface area contributed by atoms with Crippen LogP contribution in [0.25, 0.3) is 10.6 Å². The zero-order valence-corrected chi connectivity index (χ0v) is 16.2. The van der Waals surface area contributed by atoms with E-state index in [-0.39, 0.29) is 11.9 Å². The number of rotatable bonds is 6. The lowest BCUT2D eigenvalue weighted by atomic mass is 10.2. The van der Waals surface area contributed by atoms with Crippen molar-refractivity contribution in [1.29, 1.82) is 0 Å². The first-order chi connectivity index (χ1) is 12.5. The van der Waals surface area contributed by atoms with Gasteiger partial charge in [0.25, 0.3) is 5.91 Å². The second-order valence-electron chi connectivity index (χ2n) is 6.32. The minimum atomic E-state index is -0.0696. The van der Waals surface area contributed by atoms with E-state index in [1.54, 1.807) is 18.0 Å². The molecule has 0 aliphatic heterocycles. The van der Waals surface area contributed by atoms with E-state index in [9.17, 15) is 4.79 Å². The van der Waals surface area contributed by atoms with Gasteiger partial charge in [-0.3, -0.25) is 9.48 Å². The summed E-state index contributed by atoms with van der Waals surface area (Å²) in [5.41, 5.74) is 2.44. The quantitative estimate of drug-likeness (QED) is 0.665. The van der Waals surface area contributed by atoms with Crippen LogP contribution in [0.4, 0.5) is 0 Å². The Morgan fingerprint density at radius 3 is 2.62 bits per heavy atom. The standard InChI is InChI=1S/C19H22N4O2S/c1-13(2)23(11-14-9-20-22(3)10-14)19(24)17-12-26-18(21-17)15-5-7-16(25-4)8-6-15/h5-10,12-13H,11H2,1-4H3. The average molecular weight is 370 g/mol. The molecular weight excluding hydrogens is 348 g/mol. The maximum absolute atomic E-state index is 13.0. The Balaban J connectivity index is 1.80. The Morgan fingerprint density at radius 1 is 1.31 bits per heavy atom. The van der Waals surface area contributed by atoms with Gasteiger partial charge in [0.15, 0.2) is 0 Å². The van der Waals surface area contributed by atoms with Gasteiger partial charge in [-0.15, -0.1) is 11.3 Å². The number of carbonyl (C=O) groups excluding carboxylic acids is 1. The van der Waals surface area contributed by atoms with E-state index >= 15 is 0 Å². The monoisotopic (exact) mass is 370 g/mol. The maximum Gasteiger partial charge on any atom is 0.273 e. The Hall–Kier alpha value is -2.67. The number of hydrogen-bond donors (Lipinski definition) is 0. The van der Waals surface area contributed by atoms with Crippen molar-refractivity contribution in [2.75, 3.05) is 7.11 Å². The lowest BCUT2D eigenvalue weighted by Gasteiger charge is -2.25. The summed E-state index contributed by atoms with van der Waals surface area (Å²) in [7, 11) is 3.50. The molecule has 1 amide bonds. The molecule has 26 heavy (non-hydrogen) atoms. The lowest BCUT2D eigenvalue weighted by molar-refractivity contribution is 0.0685. The zero-order chi connectivity index (χ0) is 18.7. The van der Waals surface area contributed by atoms with Gasteiger partial charge in [0.05, 0.1) is 13.3 Å². The second kappa shape index (κ2) is 7.70. The van der Waals surface area contributed by atoms with Crippen LogP contribution in [0.3, 0.4) is 0 Å². The molecule has 136 valence electrons. The molecule has 7 heteroatoms. The van der Waals surface area contributed by atoms with Gasteiger partial charge in [-0.25, -0.2) is 4.98 Å². The van der Waals surface area contributed by atoms with Crippen LogP contribution in [-0.2, 0) is 13.6 Å². The summed E-state index contributed by atoms with van der Waals surface area (Å²) < 4.78 is 6.92. The summed E-state index contributed by atoms with van der Waals surface area (Å²) in [5.74, 6) is 0.726. The van der Waals surface area contributed by atoms with Crippen LogP contribution >= 0.6 is 11.3 Å². The number of hydrogen-bond acceptors (Lipinski definition) is 5. The first kappa shape index (κ1) is 18.1. The maximum atomic E-state index is 13.0. The normalized spacial score (nSPS) is 11.0. The highest BCUT2D eigenvalue weighted by Crippen LogP contribution is 2.26. The van der Waals surface area contributed by atoms with Gasteiger partial charge in [0, 0.05) is 42.3 Å². The van der Waals surface area contributed by atoms with Crippen molar-refractivity contribution in [2.24, 2.45) is 7.05 Å². The third-order valence-electron chi connectivity index (χ3n) is 4.06. The van der Waals surface area contributed by atoms with Gasteiger partial charge in [-0.05, 0) is 38.1 Å². The smallest absolute Gasteiger partial charge is 0.273 e. The number of benzene rings is 1. The van der Waals surface area contributed by atoms with Gasteiger partial charge in [-0.1, -0.05) is 0 Å². The van der Waals surface area contributed by atoms with Gasteiger partial charge in [0.2, 0.25) is 0 Å². The molecule has 2 aromatic heterocycles. The van der Waals surface area contributed by atoms with Crippen molar-refractivity contribution in [2.45, 2.75) is 26.4 Å². The van der Waals surface area contributed by atoms with Crippen molar-refractivity contribution in [3.63, 3.8) is 0 Å². The van der Waals surface area contributed by atoms with Crippen molar-refractivity contribution in [1.82, 2.24) is 19.7 Å². The van der Waals surface area contributed by atoms with E-state index in [0.717, 1.165) is 21.9 Å². The first-order valence-electron chi connectivity index (χ1n) is 8.36. The predicted octanol–water partition coefficient (Wildman–Crippen LogP) is 3.60. The summed E-state index contributed by atoms with van der Waals surface area (Å²) in [6, 6.07) is 7.74. The fourth-order valence-electron chi connectivity index (χ4n) is 2.62. The van der Waals surface area contributed by atoms with Crippen molar-refractivity contribution in [3.05, 3.63) is 53.3 Å². The third-order valence-corrected chi connectivity index (χ3v) is 4.95. The highest BCUT2D eigenvalue weighted by atomic mass is 32.1. The van der Waals surface area contributed by atoms with Crippen molar-refractivity contribution >= 4 is 17.2 Å². The first-order valence-corrected chi connectivity index (χ1v) is 9.24. The molecule has 0 aliphatic carbocycles. The molecule has 0 atom stereocenters. The van der Waals surface area contributed by atoms with Gasteiger partial charge >= 0.3 is 0 Å². The molecule has 0 radical (unpaired) electrons. The topological polar surface area (TPSA) is 60.2 Å². The summed E-state index contributed by atoms with van der Waals surface area (Å²) in [6.07, 6.45) is 3.71. The molecular formula is C19H22N4O2S. The summed E-state index contributed by atoms with van der Waals surface area (Å²) in [5, 5.41) is 6.81. The number of amides is 1. The molecule has 0 fully saturated rings. The summed E-state index contributed by atoms with van der Waals surface area (Å²) in [6.45, 7) is 4.52. The van der Waals surface area contributed by atoms with Crippen LogP contribution < -0.4 is 4.74 Å². The summed E-state index contributed by atoms with van der Waals surface area (Å²) >= 11 is 1.47. The van der Waals surface area contributed by atoms with Crippen LogP contribution in [-0.4, -0.2) is 38.7 Å². The van der Waals surface area contributed by atoms with Crippen molar-refractivity contribution in [3.8, 4) is 16.3 Å². The molecule has 0 bridgehead atoms. The van der Waals surface area contributed by atoms with Crippen LogP contribution in [0.15, 0.2) is 42.0 Å². The summed E-state index contributed by atoms with van der Waals surface area (Å²) in [4.78, 5) is 19.3. The van der Waals surface area contributed by atoms with Crippen LogP contribution in [0, 0.1) is 0 Å². The van der Waals surface area contributed by atoms with Gasteiger partial charge < -0.3 is 9.64 Å². The van der Waals surface area contributed by atoms with Gasteiger partial charge in [-0.2, -0.15) is 5.10 Å². The zero-order valence-electron chi connectivity index (χ0n) is 15.3. The molecule has 2 heterocycles. The van der Waals surface area contributed by atoms with E-state index in [2.05, 4.69) is 10.1 Å². The molecule has 0 saturated carbocycles. The van der Waals surface area contributed by atoms with E-state index in [4.69, 9.17) is 4.74 Å². The molecule has 3 aromatic rings. The number of aromatic nitrogens is 3. The lowest BCUT2D eigenvalue weighted by Crippen LogP contribution is -2.36. The van der Waals surface area contributed by atoms with E-state index in [0.29, 0.717) is 12.2 Å². The molecule has 0 spiro atoms. The number of nitrogens with zero attached hydrogens (tertiary/aromatic N) is 4. The van der Waals surface area contributed by atoms with Crippen molar-refractivity contribution < 1.29 is 9.53 Å². The third kappa shape index (κ3) is 3.94. The van der Waals surface area contributed by atoms with E-state index in [1.807, 2.05) is 61.6 Å². The minimum Gasteiger partial charge on any atom is -0.497 e. The largest absolute Gasteiger partial charge is 0.497 e. The number of carbonyl (C=O) groups is 1. The SMILES string of the molecule is COc1ccc(-c2nc(C(=O)N(Cc3cnn(C)c3)C(C)C)cs2)cc1. The Kier molecular flexibility index (Phi) is 5.37. The number of thiazole rings is 1. The van der Waals surface area contributed by atoms with Crippen LogP contribution in [0.5, 0.6) is 5.75 Å². The Morgan fingerprint density at radius 2 is 2.04 bits per heavy atom. The van der Waals surface area contributed by atoms with Crippen LogP contribution in [0.1, 0.15) is 29.9 Å². The highest BCUT2D eigenvalue weighted by molar-refractivity contribution is 7.13. The Bertz CT molecular complexity index is 883. The van der Waals surface area contributed by atoms with Gasteiger partial charge in [0.1, 0.15) is 16.5 Å². The molecule has 0 saturated heterocycles. The second-order valence-corrected chi connectivity index (χ2v) is 7.17. The number of methoxy groups -OCH3 is 1. The molecule has 1 aromatic carbocycles. The Labute approximate surface area is 157 Å². The molecule has 0 N–H and O–H groups in total. The predicted molar refractivity (Wildman–Crippen MR) is 102 cm³/mol. The minimum absolute atomic E-state index is 0.0637. The fourth-order valence-corrected chi connectivity index (χ4v) is 3.42. The molecule has 0 unspecified atom stereocenters. The molecule has 6 nitrogen and oxygen atoms in total. The number of aryl methyl sites for hydroxylation is 1. The number of ether oxygens (including phenoxy) is 1. The van der Waals surface area contributed by atoms with Crippen LogP contribution in [0.2, 0.25) is 0 Å². The van der Waals surface area contributed by atoms with E-state index in [1.165, 1.54) is 11.3 Å². The highest BCUT2D eigenvalue weighted by Gasteiger charge is 2.22. The molecule has 3 rings (SSSR count). The average Bonchev–Trinajstić information content (AvgIpc) is 3.28.